The van der Waals surface area contributed by atoms with Crippen LogP contribution in [0.4, 0.5) is 27.4 Å². The molecule has 0 atom stereocenters. The third-order valence-corrected chi connectivity index (χ3v) is 6.42. The van der Waals surface area contributed by atoms with E-state index in [1.165, 1.54) is 6.08 Å². The number of aromatic amines is 1. The first kappa shape index (κ1) is 25.2. The number of H-pyrrole nitrogens is 1. The van der Waals surface area contributed by atoms with Gasteiger partial charge in [-0.1, -0.05) is 18.7 Å². The van der Waals surface area contributed by atoms with Crippen molar-refractivity contribution in [1.29, 1.82) is 0 Å². The molecule has 38 heavy (non-hydrogen) atoms. The third-order valence-electron chi connectivity index (χ3n) is 6.42. The van der Waals surface area contributed by atoms with Crippen LogP contribution >= 0.6 is 0 Å². The van der Waals surface area contributed by atoms with Crippen LogP contribution in [0, 0.1) is 0 Å². The smallest absolute Gasteiger partial charge is 0.247 e. The average Bonchev–Trinajstić information content (AvgIpc) is 3.37. The second-order valence-corrected chi connectivity index (χ2v) is 9.13. The molecule has 1 saturated heterocycles. The Labute approximate surface area is 220 Å². The van der Waals surface area contributed by atoms with Crippen LogP contribution in [0.15, 0.2) is 67.4 Å². The minimum atomic E-state index is -0.320. The van der Waals surface area contributed by atoms with Crippen molar-refractivity contribution < 1.29 is 13.9 Å². The first-order valence-corrected chi connectivity index (χ1v) is 12.4. The van der Waals surface area contributed by atoms with Crippen LogP contribution in [0.1, 0.15) is 11.3 Å². The van der Waals surface area contributed by atoms with E-state index >= 15 is 0 Å². The van der Waals surface area contributed by atoms with Gasteiger partial charge < -0.3 is 25.7 Å². The van der Waals surface area contributed by atoms with Crippen molar-refractivity contribution in [3.63, 3.8) is 0 Å². The van der Waals surface area contributed by atoms with E-state index < -0.39 is 0 Å². The average molecular weight is 516 g/mol. The maximum absolute atomic E-state index is 12.5. The molecule has 1 fully saturated rings. The third kappa shape index (κ3) is 5.76. The monoisotopic (exact) mass is 515 g/mol. The number of hydrogen-bond donors (Lipinski definition) is 4. The van der Waals surface area contributed by atoms with E-state index in [1.54, 1.807) is 7.11 Å². The van der Waals surface area contributed by atoms with Crippen LogP contribution in [-0.2, 0) is 11.2 Å². The highest BCUT2D eigenvalue weighted by molar-refractivity contribution is 5.98. The van der Waals surface area contributed by atoms with E-state index in [9.17, 15) is 9.18 Å². The van der Waals surface area contributed by atoms with Gasteiger partial charge in [0.2, 0.25) is 11.9 Å². The van der Waals surface area contributed by atoms with Crippen LogP contribution in [-0.4, -0.2) is 65.2 Å². The highest BCUT2D eigenvalue weighted by Crippen LogP contribution is 2.31. The Morgan fingerprint density at radius 2 is 2.08 bits per heavy atom. The number of benzene rings is 2. The molecule has 9 nitrogen and oxygen atoms in total. The van der Waals surface area contributed by atoms with E-state index in [0.29, 0.717) is 36.0 Å². The number of nitrogens with one attached hydrogen (secondary N) is 4. The van der Waals surface area contributed by atoms with Gasteiger partial charge in [0.15, 0.2) is 0 Å². The largest absolute Gasteiger partial charge is 0.494 e. The van der Waals surface area contributed by atoms with Crippen molar-refractivity contribution in [2.45, 2.75) is 12.5 Å². The number of ether oxygens (including phenoxy) is 1. The maximum atomic E-state index is 12.5. The molecule has 10 heteroatoms. The number of hydrogen-bond acceptors (Lipinski definition) is 7. The second-order valence-electron chi connectivity index (χ2n) is 9.13. The van der Waals surface area contributed by atoms with Crippen LogP contribution in [0.2, 0.25) is 0 Å². The molecule has 0 radical (unpaired) electrons. The molecule has 1 amide bonds. The molecule has 1 aliphatic heterocycles. The zero-order valence-electron chi connectivity index (χ0n) is 21.1. The molecule has 2 aromatic carbocycles. The lowest BCUT2D eigenvalue weighted by Gasteiger charge is -2.39. The van der Waals surface area contributed by atoms with Gasteiger partial charge in [-0.15, -0.1) is 0 Å². The fourth-order valence-corrected chi connectivity index (χ4v) is 4.54. The summed E-state index contributed by atoms with van der Waals surface area (Å²) in [5.74, 6) is 0.827. The molecule has 0 saturated carbocycles. The topological polar surface area (TPSA) is 107 Å². The van der Waals surface area contributed by atoms with Gasteiger partial charge in [0, 0.05) is 55.1 Å². The second kappa shape index (κ2) is 11.3. The molecule has 0 aliphatic carbocycles. The molecule has 4 N–H and O–H groups in total. The minimum absolute atomic E-state index is 0.259. The van der Waals surface area contributed by atoms with E-state index in [4.69, 9.17) is 9.72 Å². The number of fused-ring (bicyclic) bond motifs is 1. The summed E-state index contributed by atoms with van der Waals surface area (Å²) in [6, 6.07) is 15.7. The van der Waals surface area contributed by atoms with Gasteiger partial charge in [-0.05, 0) is 42.0 Å². The number of methoxy groups -OCH3 is 1. The lowest BCUT2D eigenvalue weighted by Crippen LogP contribution is -2.55. The Bertz CT molecular complexity index is 1450. The summed E-state index contributed by atoms with van der Waals surface area (Å²) < 4.78 is 18.1. The van der Waals surface area contributed by atoms with Gasteiger partial charge >= 0.3 is 0 Å². The zero-order valence-corrected chi connectivity index (χ0v) is 21.1. The van der Waals surface area contributed by atoms with Crippen molar-refractivity contribution in [2.24, 2.45) is 0 Å². The maximum Gasteiger partial charge on any atom is 0.247 e. The number of alkyl halides is 1. The highest BCUT2D eigenvalue weighted by atomic mass is 19.1. The van der Waals surface area contributed by atoms with Crippen LogP contribution in [0.25, 0.3) is 11.0 Å². The summed E-state index contributed by atoms with van der Waals surface area (Å²) in [5, 5.41) is 10.5. The van der Waals surface area contributed by atoms with Gasteiger partial charge in [-0.3, -0.25) is 9.69 Å². The van der Waals surface area contributed by atoms with Gasteiger partial charge in [0.05, 0.1) is 24.5 Å². The van der Waals surface area contributed by atoms with Crippen LogP contribution in [0.3, 0.4) is 0 Å². The van der Waals surface area contributed by atoms with Gasteiger partial charge in [0.1, 0.15) is 18.1 Å². The van der Waals surface area contributed by atoms with E-state index in [1.807, 2.05) is 54.7 Å². The SMILES string of the molecule is C=CC(=O)Nc1cccc(Cc2nc(Nc3ccc(NC4CN(CCF)C4)cc3OC)nc3[nH]ccc23)c1. The first-order valence-electron chi connectivity index (χ1n) is 12.4. The Balaban J connectivity index is 1.34. The molecule has 1 aliphatic rings. The Hall–Kier alpha value is -4.44. The fourth-order valence-electron chi connectivity index (χ4n) is 4.54. The normalized spacial score (nSPS) is 13.6. The van der Waals surface area contributed by atoms with Crippen LogP contribution in [0.5, 0.6) is 5.75 Å². The van der Waals surface area contributed by atoms with Crippen molar-refractivity contribution in [1.82, 2.24) is 19.9 Å². The number of nitrogens with zero attached hydrogens (tertiary/aromatic N) is 3. The predicted molar refractivity (Wildman–Crippen MR) is 148 cm³/mol. The number of carbonyl (C=O) groups is 1. The molecule has 4 aromatic rings. The molecule has 3 heterocycles. The van der Waals surface area contributed by atoms with Crippen molar-refractivity contribution >= 4 is 40.0 Å². The molecule has 0 unspecified atom stereocenters. The quantitative estimate of drug-likeness (QED) is 0.218. The molecule has 0 spiro atoms. The van der Waals surface area contributed by atoms with Gasteiger partial charge in [-0.2, -0.15) is 4.98 Å². The number of anilines is 4. The summed E-state index contributed by atoms with van der Waals surface area (Å²) in [5.41, 5.74) is 4.91. The Morgan fingerprint density at radius 1 is 1.21 bits per heavy atom. The summed E-state index contributed by atoms with van der Waals surface area (Å²) in [6.45, 7) is 5.30. The molecular formula is C28H30FN7O2. The number of carbonyl (C=O) groups excluding carboxylic acids is 1. The number of halogens is 1. The first-order chi connectivity index (χ1) is 18.5. The zero-order chi connectivity index (χ0) is 26.5. The van der Waals surface area contributed by atoms with Crippen LogP contribution < -0.4 is 20.7 Å². The number of amides is 1. The number of aromatic nitrogens is 3. The lowest BCUT2D eigenvalue weighted by atomic mass is 10.1. The van der Waals surface area contributed by atoms with Crippen molar-refractivity contribution in [3.05, 3.63) is 78.6 Å². The summed E-state index contributed by atoms with van der Waals surface area (Å²) in [6.07, 6.45) is 3.62. The van der Waals surface area contributed by atoms with E-state index in [-0.39, 0.29) is 18.6 Å². The Kier molecular flexibility index (Phi) is 7.50. The van der Waals surface area contributed by atoms with Crippen molar-refractivity contribution in [2.75, 3.05) is 49.4 Å². The molecule has 5 rings (SSSR count). The standard InChI is InChI=1S/C28H30FN7O2/c1-3-26(37)32-19-6-4-5-18(13-19)14-24-22-9-11-30-27(22)35-28(34-24)33-23-8-7-20(15-25(23)38-2)31-21-16-36(17-21)12-10-29/h3-9,11,13,15,21,31H,1,10,12,14,16-17H2,2H3,(H,32,37)(H2,30,33,34,35). The number of likely N-dealkylation sites (tertiary alicyclic amines) is 1. The molecule has 0 bridgehead atoms. The summed E-state index contributed by atoms with van der Waals surface area (Å²) >= 11 is 0. The summed E-state index contributed by atoms with van der Waals surface area (Å²) in [7, 11) is 1.62. The predicted octanol–water partition coefficient (Wildman–Crippen LogP) is 4.49. The molecular weight excluding hydrogens is 485 g/mol. The van der Waals surface area contributed by atoms with E-state index in [2.05, 4.69) is 37.4 Å². The van der Waals surface area contributed by atoms with Crippen molar-refractivity contribution in [3.8, 4) is 5.75 Å². The highest BCUT2D eigenvalue weighted by Gasteiger charge is 2.26. The molecule has 2 aromatic heterocycles. The minimum Gasteiger partial charge on any atom is -0.494 e. The summed E-state index contributed by atoms with van der Waals surface area (Å²) in [4.78, 5) is 26.4. The Morgan fingerprint density at radius 3 is 2.87 bits per heavy atom. The fraction of sp³-hybridized carbons (Fsp3) is 0.250. The molecule has 196 valence electrons. The number of rotatable bonds is 11. The lowest BCUT2D eigenvalue weighted by molar-refractivity contribution is -0.111. The van der Waals surface area contributed by atoms with Gasteiger partial charge in [-0.25, -0.2) is 9.37 Å². The van der Waals surface area contributed by atoms with E-state index in [0.717, 1.165) is 41.1 Å². The van der Waals surface area contributed by atoms with Gasteiger partial charge in [0.25, 0.3) is 0 Å².